The van der Waals surface area contributed by atoms with Crippen LogP contribution in [0.25, 0.3) is 0 Å². The Kier molecular flexibility index (Phi) is 7.80. The van der Waals surface area contributed by atoms with Crippen LogP contribution in [0.2, 0.25) is 0 Å². The van der Waals surface area contributed by atoms with E-state index in [4.69, 9.17) is 5.73 Å². The van der Waals surface area contributed by atoms with Gasteiger partial charge in [-0.05, 0) is 25.6 Å². The number of hydrogen-bond acceptors (Lipinski definition) is 2. The Morgan fingerprint density at radius 3 is 2.36 bits per heavy atom. The van der Waals surface area contributed by atoms with Crippen molar-refractivity contribution in [1.82, 2.24) is 5.32 Å². The molecule has 0 unspecified atom stereocenters. The first-order valence-electron chi connectivity index (χ1n) is 4.79. The Morgan fingerprint density at radius 2 is 1.86 bits per heavy atom. The van der Waals surface area contributed by atoms with E-state index >= 15 is 0 Å². The van der Waals surface area contributed by atoms with E-state index in [1.54, 1.807) is 0 Å². The van der Waals surface area contributed by atoms with E-state index in [1.807, 2.05) is 25.2 Å². The van der Waals surface area contributed by atoms with Gasteiger partial charge in [0.1, 0.15) is 0 Å². The number of nitrogens with one attached hydrogen (secondary N) is 1. The Morgan fingerprint density at radius 1 is 1.29 bits per heavy atom. The van der Waals surface area contributed by atoms with E-state index in [0.29, 0.717) is 0 Å². The van der Waals surface area contributed by atoms with Crippen LogP contribution in [0.5, 0.6) is 0 Å². The minimum absolute atomic E-state index is 0.165. The summed E-state index contributed by atoms with van der Waals surface area (Å²) in [4.78, 5) is 0. The highest BCUT2D eigenvalue weighted by Crippen LogP contribution is 2.11. The quantitative estimate of drug-likeness (QED) is 0.717. The average Bonchev–Trinajstić information content (AvgIpc) is 2.30. The van der Waals surface area contributed by atoms with Gasteiger partial charge in [-0.15, -0.1) is 13.2 Å². The van der Waals surface area contributed by atoms with Gasteiger partial charge in [0, 0.05) is 6.04 Å². The van der Waals surface area contributed by atoms with Crippen LogP contribution in [-0.4, -0.2) is 13.6 Å². The van der Waals surface area contributed by atoms with Crippen molar-refractivity contribution in [1.29, 1.82) is 0 Å². The molecule has 1 aromatic rings. The van der Waals surface area contributed by atoms with Crippen LogP contribution in [-0.2, 0) is 0 Å². The zero-order valence-electron chi connectivity index (χ0n) is 8.87. The van der Waals surface area contributed by atoms with Crippen LogP contribution in [0.1, 0.15) is 18.0 Å². The molecule has 0 bridgehead atoms. The zero-order valence-corrected chi connectivity index (χ0v) is 8.87. The summed E-state index contributed by atoms with van der Waals surface area (Å²) in [6.45, 7) is 6.97. The largest absolute Gasteiger partial charge is 0.324 e. The first-order valence-corrected chi connectivity index (χ1v) is 4.79. The second-order valence-electron chi connectivity index (χ2n) is 2.91. The molecular weight excluding hydrogens is 172 g/mol. The van der Waals surface area contributed by atoms with Crippen molar-refractivity contribution in [3.8, 4) is 0 Å². The Bertz CT molecular complexity index is 221. The fourth-order valence-corrected chi connectivity index (χ4v) is 1.17. The van der Waals surface area contributed by atoms with Crippen molar-refractivity contribution >= 4 is 0 Å². The standard InChI is InChI=1S/C10H16N2.C2H4/c1-12-8-7-10(11)9-5-3-2-4-6-9;1-2/h2-6,10,12H,7-8,11H2,1H3;1-2H2/t10-;/m0./s1. The second-order valence-corrected chi connectivity index (χ2v) is 2.91. The van der Waals surface area contributed by atoms with E-state index in [1.165, 1.54) is 5.56 Å². The molecule has 0 fully saturated rings. The van der Waals surface area contributed by atoms with E-state index in [-0.39, 0.29) is 6.04 Å². The van der Waals surface area contributed by atoms with Crippen molar-refractivity contribution in [3.05, 3.63) is 49.1 Å². The molecule has 0 amide bonds. The molecule has 0 saturated heterocycles. The number of benzene rings is 1. The summed E-state index contributed by atoms with van der Waals surface area (Å²) in [5.74, 6) is 0. The van der Waals surface area contributed by atoms with E-state index in [9.17, 15) is 0 Å². The summed E-state index contributed by atoms with van der Waals surface area (Å²) >= 11 is 0. The van der Waals surface area contributed by atoms with Gasteiger partial charge in [-0.3, -0.25) is 0 Å². The minimum atomic E-state index is 0.165. The summed E-state index contributed by atoms with van der Waals surface area (Å²) in [5, 5.41) is 3.09. The molecule has 0 heterocycles. The Balaban J connectivity index is 0.000000791. The molecule has 0 radical (unpaired) electrons. The third kappa shape index (κ3) is 4.80. The molecule has 0 aromatic heterocycles. The summed E-state index contributed by atoms with van der Waals surface area (Å²) in [7, 11) is 1.94. The molecule has 0 spiro atoms. The van der Waals surface area contributed by atoms with Crippen molar-refractivity contribution in [2.24, 2.45) is 5.73 Å². The molecule has 1 aromatic carbocycles. The van der Waals surface area contributed by atoms with Crippen molar-refractivity contribution in [2.45, 2.75) is 12.5 Å². The predicted octanol–water partition coefficient (Wildman–Crippen LogP) is 2.10. The molecule has 3 N–H and O–H groups in total. The highest BCUT2D eigenvalue weighted by molar-refractivity contribution is 5.18. The van der Waals surface area contributed by atoms with Gasteiger partial charge in [-0.2, -0.15) is 0 Å². The van der Waals surface area contributed by atoms with E-state index in [2.05, 4.69) is 30.6 Å². The molecule has 0 aliphatic carbocycles. The summed E-state index contributed by atoms with van der Waals surface area (Å²) in [5.41, 5.74) is 7.16. The molecule has 0 aliphatic rings. The highest BCUT2D eigenvalue weighted by atomic mass is 14.8. The fraction of sp³-hybridized carbons (Fsp3) is 0.333. The van der Waals surface area contributed by atoms with E-state index in [0.717, 1.165) is 13.0 Å². The van der Waals surface area contributed by atoms with E-state index < -0.39 is 0 Å². The molecule has 1 rings (SSSR count). The topological polar surface area (TPSA) is 38.0 Å². The summed E-state index contributed by atoms with van der Waals surface area (Å²) in [6.07, 6.45) is 0.987. The molecule has 0 aliphatic heterocycles. The number of nitrogens with two attached hydrogens (primary N) is 1. The Hall–Kier alpha value is -1.12. The van der Waals surface area contributed by atoms with Crippen LogP contribution in [0.4, 0.5) is 0 Å². The fourth-order valence-electron chi connectivity index (χ4n) is 1.17. The van der Waals surface area contributed by atoms with Gasteiger partial charge in [0.25, 0.3) is 0 Å². The van der Waals surface area contributed by atoms with Gasteiger partial charge in [0.05, 0.1) is 0 Å². The normalized spacial score (nSPS) is 11.3. The second kappa shape index (κ2) is 8.48. The van der Waals surface area contributed by atoms with Crippen molar-refractivity contribution < 1.29 is 0 Å². The molecule has 0 saturated carbocycles. The average molecular weight is 192 g/mol. The minimum Gasteiger partial charge on any atom is -0.324 e. The molecule has 14 heavy (non-hydrogen) atoms. The van der Waals surface area contributed by atoms with Crippen LogP contribution >= 0.6 is 0 Å². The third-order valence-corrected chi connectivity index (χ3v) is 1.93. The smallest absolute Gasteiger partial charge is 0.0306 e. The highest BCUT2D eigenvalue weighted by Gasteiger charge is 2.02. The lowest BCUT2D eigenvalue weighted by Gasteiger charge is -2.10. The van der Waals surface area contributed by atoms with Gasteiger partial charge in [-0.25, -0.2) is 0 Å². The van der Waals surface area contributed by atoms with Gasteiger partial charge < -0.3 is 11.1 Å². The monoisotopic (exact) mass is 192 g/mol. The predicted molar refractivity (Wildman–Crippen MR) is 63.2 cm³/mol. The molecule has 1 atom stereocenters. The van der Waals surface area contributed by atoms with Crippen LogP contribution < -0.4 is 11.1 Å². The maximum Gasteiger partial charge on any atom is 0.0306 e. The van der Waals surface area contributed by atoms with Crippen LogP contribution in [0.15, 0.2) is 43.5 Å². The maximum atomic E-state index is 5.94. The summed E-state index contributed by atoms with van der Waals surface area (Å²) in [6, 6.07) is 10.4. The summed E-state index contributed by atoms with van der Waals surface area (Å²) < 4.78 is 0. The van der Waals surface area contributed by atoms with Crippen LogP contribution in [0.3, 0.4) is 0 Å². The lowest BCUT2D eigenvalue weighted by atomic mass is 10.1. The molecular formula is C12H20N2. The molecule has 2 heteroatoms. The van der Waals surface area contributed by atoms with Gasteiger partial charge in [0.2, 0.25) is 0 Å². The SMILES string of the molecule is C=C.CNCC[C@H](N)c1ccccc1. The maximum absolute atomic E-state index is 5.94. The Labute approximate surface area is 86.8 Å². The molecule has 78 valence electrons. The third-order valence-electron chi connectivity index (χ3n) is 1.93. The number of hydrogen-bond donors (Lipinski definition) is 2. The zero-order chi connectivity index (χ0) is 10.8. The number of rotatable bonds is 4. The van der Waals surface area contributed by atoms with Gasteiger partial charge in [0.15, 0.2) is 0 Å². The van der Waals surface area contributed by atoms with Gasteiger partial charge in [-0.1, -0.05) is 30.3 Å². The molecule has 2 nitrogen and oxygen atoms in total. The lowest BCUT2D eigenvalue weighted by Crippen LogP contribution is -2.17. The first kappa shape index (κ1) is 12.9. The van der Waals surface area contributed by atoms with Gasteiger partial charge >= 0.3 is 0 Å². The van der Waals surface area contributed by atoms with Crippen molar-refractivity contribution in [3.63, 3.8) is 0 Å². The van der Waals surface area contributed by atoms with Crippen LogP contribution in [0, 0.1) is 0 Å². The van der Waals surface area contributed by atoms with Crippen molar-refractivity contribution in [2.75, 3.05) is 13.6 Å². The first-order chi connectivity index (χ1) is 6.84. The lowest BCUT2D eigenvalue weighted by molar-refractivity contribution is 0.616.